The number of hydrogen-bond donors (Lipinski definition) is 3. The van der Waals surface area contributed by atoms with Gasteiger partial charge >= 0.3 is 0 Å². The molecule has 3 unspecified atom stereocenters. The van der Waals surface area contributed by atoms with Crippen LogP contribution in [0.4, 0.5) is 0 Å². The van der Waals surface area contributed by atoms with E-state index >= 15 is 0 Å². The molecule has 4 N–H and O–H groups in total. The lowest BCUT2D eigenvalue weighted by Gasteiger charge is -2.52. The molecule has 1 aromatic carbocycles. The lowest BCUT2D eigenvalue weighted by atomic mass is 9.52. The number of ketones is 4. The molecule has 2 saturated carbocycles. The number of halogens is 1. The van der Waals surface area contributed by atoms with Crippen LogP contribution in [0.3, 0.4) is 0 Å². The third kappa shape index (κ3) is 4.32. The summed E-state index contributed by atoms with van der Waals surface area (Å²) in [6, 6.07) is 0.554. The van der Waals surface area contributed by atoms with E-state index < -0.39 is 64.4 Å². The fraction of sp³-hybridized carbons (Fsp3) is 0.607. The number of likely N-dealkylation sites (N-methyl/N-ethyl adjacent to an activating group) is 1. The van der Waals surface area contributed by atoms with Gasteiger partial charge in [-0.25, -0.2) is 0 Å². The first kappa shape index (κ1) is 29.3. The van der Waals surface area contributed by atoms with Crippen molar-refractivity contribution in [2.75, 3.05) is 20.6 Å². The number of hydrogen-bond acceptors (Lipinski definition) is 9. The van der Waals surface area contributed by atoms with Crippen LogP contribution in [0.25, 0.3) is 0 Å². The van der Waals surface area contributed by atoms with Crippen molar-refractivity contribution >= 4 is 40.6 Å². The molecule has 2 fully saturated rings. The molecule has 3 aliphatic rings. The summed E-state index contributed by atoms with van der Waals surface area (Å²) >= 11 is 6.83. The summed E-state index contributed by atoms with van der Waals surface area (Å²) in [5.74, 6) is -10.7. The van der Waals surface area contributed by atoms with Crippen LogP contribution in [0.15, 0.2) is 6.07 Å². The maximum Gasteiger partial charge on any atom is 0.235 e. The number of aliphatic hydroxyl groups is 1. The molecule has 1 aromatic rings. The zero-order valence-electron chi connectivity index (χ0n) is 22.9. The van der Waals surface area contributed by atoms with Gasteiger partial charge in [0.2, 0.25) is 5.91 Å². The fourth-order valence-corrected chi connectivity index (χ4v) is 7.16. The number of rotatable bonds is 7. The van der Waals surface area contributed by atoms with E-state index in [1.165, 1.54) is 11.0 Å². The Hall–Kier alpha value is -2.66. The van der Waals surface area contributed by atoms with E-state index in [0.717, 1.165) is 13.0 Å². The lowest BCUT2D eigenvalue weighted by Crippen LogP contribution is -2.74. The standard InChI is InChI=1S/C28H36ClN3O7/c1-6-12(3)32(7-2)11-14-10-17(33)19-15(21(14)29)8-13-9-16-22(31(4)5)24(35)20(27(30)38)26(37)28(16,39)25(36)18(13)23(19)34/h10,12-13,16,18,20,22,33,39H,6-9,11H2,1-5H3,(H2,30,38)/t12?,13-,16-,18?,20?,22-,28-/m0/s1. The van der Waals surface area contributed by atoms with E-state index in [1.807, 2.05) is 6.92 Å². The molecule has 0 heterocycles. The van der Waals surface area contributed by atoms with Crippen LogP contribution in [0.5, 0.6) is 5.75 Å². The van der Waals surface area contributed by atoms with Crippen LogP contribution in [-0.2, 0) is 32.1 Å². The van der Waals surface area contributed by atoms with E-state index in [-0.39, 0.29) is 30.2 Å². The third-order valence-corrected chi connectivity index (χ3v) is 9.53. The molecule has 11 heteroatoms. The number of carbonyl (C=O) groups is 5. The number of nitrogens with zero attached hydrogens (tertiary/aromatic N) is 2. The van der Waals surface area contributed by atoms with Crippen LogP contribution in [-0.4, -0.2) is 87.4 Å². The quantitative estimate of drug-likeness (QED) is 0.415. The first-order valence-electron chi connectivity index (χ1n) is 13.3. The van der Waals surface area contributed by atoms with Crippen LogP contribution >= 0.6 is 11.6 Å². The van der Waals surface area contributed by atoms with Crippen LogP contribution < -0.4 is 5.73 Å². The van der Waals surface area contributed by atoms with Crippen molar-refractivity contribution in [3.63, 3.8) is 0 Å². The molecular weight excluding hydrogens is 526 g/mol. The molecule has 39 heavy (non-hydrogen) atoms. The van der Waals surface area contributed by atoms with Gasteiger partial charge in [-0.3, -0.25) is 33.8 Å². The molecular formula is C28H36ClN3O7. The number of amides is 1. The number of fused-ring (bicyclic) bond motifs is 3. The normalized spacial score (nSPS) is 31.3. The lowest BCUT2D eigenvalue weighted by molar-refractivity contribution is -0.181. The van der Waals surface area contributed by atoms with Crippen molar-refractivity contribution in [2.24, 2.45) is 29.4 Å². The minimum atomic E-state index is -2.74. The molecule has 0 saturated heterocycles. The minimum Gasteiger partial charge on any atom is -0.507 e. The Morgan fingerprint density at radius 3 is 2.38 bits per heavy atom. The predicted octanol–water partition coefficient (Wildman–Crippen LogP) is 1.14. The Kier molecular flexibility index (Phi) is 7.81. The maximum atomic E-state index is 13.8. The summed E-state index contributed by atoms with van der Waals surface area (Å²) in [7, 11) is 3.10. The van der Waals surface area contributed by atoms with E-state index in [0.29, 0.717) is 22.7 Å². The van der Waals surface area contributed by atoms with Crippen molar-refractivity contribution in [1.82, 2.24) is 9.80 Å². The van der Waals surface area contributed by atoms with Crippen LogP contribution in [0.2, 0.25) is 5.02 Å². The summed E-state index contributed by atoms with van der Waals surface area (Å²) in [4.78, 5) is 69.8. The molecule has 212 valence electrons. The van der Waals surface area contributed by atoms with E-state index in [1.54, 1.807) is 14.1 Å². The number of nitrogens with two attached hydrogens (primary N) is 1. The number of primary amides is 1. The Morgan fingerprint density at radius 1 is 1.21 bits per heavy atom. The highest BCUT2D eigenvalue weighted by Gasteiger charge is 2.69. The zero-order chi connectivity index (χ0) is 29.1. The maximum absolute atomic E-state index is 13.8. The number of carbonyl (C=O) groups excluding carboxylic acids is 5. The molecule has 0 aromatic heterocycles. The molecule has 7 atom stereocenters. The predicted molar refractivity (Wildman–Crippen MR) is 142 cm³/mol. The van der Waals surface area contributed by atoms with E-state index in [9.17, 15) is 34.2 Å². The summed E-state index contributed by atoms with van der Waals surface area (Å²) in [6.07, 6.45) is 1.04. The van der Waals surface area contributed by atoms with Gasteiger partial charge in [0.05, 0.1) is 17.5 Å². The number of phenols is 1. The van der Waals surface area contributed by atoms with Crippen molar-refractivity contribution < 1.29 is 34.2 Å². The zero-order valence-corrected chi connectivity index (χ0v) is 23.6. The summed E-state index contributed by atoms with van der Waals surface area (Å²) in [6.45, 7) is 7.40. The highest BCUT2D eigenvalue weighted by atomic mass is 35.5. The molecule has 0 spiro atoms. The molecule has 4 rings (SSSR count). The monoisotopic (exact) mass is 561 g/mol. The largest absolute Gasteiger partial charge is 0.507 e. The highest BCUT2D eigenvalue weighted by molar-refractivity contribution is 6.34. The van der Waals surface area contributed by atoms with E-state index in [2.05, 4.69) is 18.7 Å². The highest BCUT2D eigenvalue weighted by Crippen LogP contribution is 2.51. The second-order valence-electron chi connectivity index (χ2n) is 11.3. The second kappa shape index (κ2) is 10.4. The van der Waals surface area contributed by atoms with Crippen molar-refractivity contribution in [2.45, 2.75) is 64.3 Å². The van der Waals surface area contributed by atoms with Crippen molar-refractivity contribution in [3.05, 3.63) is 27.8 Å². The first-order valence-corrected chi connectivity index (χ1v) is 13.7. The molecule has 0 bridgehead atoms. The Bertz CT molecular complexity index is 1260. The van der Waals surface area contributed by atoms with Gasteiger partial charge in [0.25, 0.3) is 0 Å². The van der Waals surface area contributed by atoms with Gasteiger partial charge in [-0.15, -0.1) is 0 Å². The Morgan fingerprint density at radius 2 is 1.85 bits per heavy atom. The van der Waals surface area contributed by atoms with Gasteiger partial charge < -0.3 is 15.9 Å². The van der Waals surface area contributed by atoms with Crippen molar-refractivity contribution in [3.8, 4) is 5.75 Å². The van der Waals surface area contributed by atoms with Gasteiger partial charge in [-0.1, -0.05) is 25.4 Å². The average Bonchev–Trinajstić information content (AvgIpc) is 2.86. The fourth-order valence-electron chi connectivity index (χ4n) is 6.88. The van der Waals surface area contributed by atoms with E-state index in [4.69, 9.17) is 17.3 Å². The molecule has 0 aliphatic heterocycles. The minimum absolute atomic E-state index is 0.0147. The summed E-state index contributed by atoms with van der Waals surface area (Å²) in [5, 5.41) is 22.9. The SMILES string of the molecule is CCC(C)N(CC)Cc1cc(O)c2c(c1Cl)C[C@H]1C[C@H]3[C@H](N(C)C)C(=O)C(C(N)=O)C(=O)[C@@]3(O)C(=O)C1C2=O. The molecule has 3 aliphatic carbocycles. The molecule has 1 amide bonds. The number of phenolic OH excluding ortho intramolecular Hbond substituents is 1. The third-order valence-electron chi connectivity index (χ3n) is 9.06. The smallest absolute Gasteiger partial charge is 0.235 e. The summed E-state index contributed by atoms with van der Waals surface area (Å²) < 4.78 is 0. The van der Waals surface area contributed by atoms with Gasteiger partial charge in [0.1, 0.15) is 5.75 Å². The summed E-state index contributed by atoms with van der Waals surface area (Å²) in [5.41, 5.74) is 3.57. The van der Waals surface area contributed by atoms with Crippen molar-refractivity contribution in [1.29, 1.82) is 0 Å². The number of benzene rings is 1. The topological polar surface area (TPSA) is 158 Å². The number of aromatic hydroxyl groups is 1. The van der Waals surface area contributed by atoms with Crippen LogP contribution in [0.1, 0.15) is 55.1 Å². The van der Waals surface area contributed by atoms with Crippen LogP contribution in [0, 0.1) is 23.7 Å². The first-order chi connectivity index (χ1) is 18.2. The Balaban J connectivity index is 1.81. The van der Waals surface area contributed by atoms with Gasteiger partial charge in [-0.05, 0) is 69.9 Å². The number of Topliss-reactive ketones (excluding diaryl/α,β-unsaturated/α-hetero) is 4. The van der Waals surface area contributed by atoms with Gasteiger partial charge in [-0.2, -0.15) is 0 Å². The Labute approximate surface area is 232 Å². The molecule has 0 radical (unpaired) electrons. The second-order valence-corrected chi connectivity index (χ2v) is 11.7. The van der Waals surface area contributed by atoms with Gasteiger partial charge in [0, 0.05) is 23.5 Å². The average molecular weight is 562 g/mol. The molecule has 10 nitrogen and oxygen atoms in total. The van der Waals surface area contributed by atoms with Gasteiger partial charge in [0.15, 0.2) is 34.7 Å².